The van der Waals surface area contributed by atoms with Crippen molar-refractivity contribution in [2.45, 2.75) is 25.4 Å². The highest BCUT2D eigenvalue weighted by Gasteiger charge is 2.24. The maximum atomic E-state index is 13.1. The number of hydrogen-bond donors (Lipinski definition) is 5. The molecule has 6 aromatic rings. The zero-order valence-corrected chi connectivity index (χ0v) is 29.5. The highest BCUT2D eigenvalue weighted by molar-refractivity contribution is 5.94. The number of rotatable bonds is 14. The molecule has 0 radical (unpaired) electrons. The Balaban J connectivity index is 0.955. The number of likely N-dealkylation sites (tertiary alicyclic amines) is 1. The first kappa shape index (κ1) is 36.3. The van der Waals surface area contributed by atoms with E-state index in [9.17, 15) is 19.2 Å². The molecule has 14 nitrogen and oxygen atoms in total. The number of anilines is 1. The molecule has 0 atom stereocenters. The molecule has 3 aromatic heterocycles. The molecule has 0 aliphatic carbocycles. The predicted octanol–water partition coefficient (Wildman–Crippen LogP) is 4.98. The predicted molar refractivity (Wildman–Crippen MR) is 206 cm³/mol. The van der Waals surface area contributed by atoms with Gasteiger partial charge in [-0.1, -0.05) is 54.6 Å². The van der Waals surface area contributed by atoms with Crippen molar-refractivity contribution in [1.29, 1.82) is 0 Å². The molecule has 1 aliphatic heterocycles. The molecule has 1 saturated heterocycles. The second-order valence-electron chi connectivity index (χ2n) is 13.2. The van der Waals surface area contributed by atoms with E-state index in [1.165, 1.54) is 5.56 Å². The minimum atomic E-state index is -1.11. The highest BCUT2D eigenvalue weighted by Crippen LogP contribution is 2.33. The molecule has 5 N–H and O–H groups in total. The molecule has 4 heterocycles. The lowest BCUT2D eigenvalue weighted by molar-refractivity contribution is -0.121. The number of hydrogen-bond acceptors (Lipinski definition) is 8. The van der Waals surface area contributed by atoms with Crippen LogP contribution in [0.2, 0.25) is 0 Å². The zero-order valence-electron chi connectivity index (χ0n) is 29.5. The normalized spacial score (nSPS) is 13.7. The molecular formula is C40H41N7O7. The van der Waals surface area contributed by atoms with Crippen LogP contribution in [0.25, 0.3) is 44.3 Å². The SMILES string of the molecule is O=C(O)NCCOCCOCC(=O)Nc1ccc2[nH]c(=O)n(C3CCN(Cc4ccc(-c5nc6cc[nH]c(=O)c6cc5-c5ccccc5)cc4)CC3)c2c1. The van der Waals surface area contributed by atoms with Crippen LogP contribution in [0.1, 0.15) is 24.4 Å². The van der Waals surface area contributed by atoms with Crippen molar-refractivity contribution in [1.82, 2.24) is 29.7 Å². The number of nitrogens with zero attached hydrogens (tertiary/aromatic N) is 3. The summed E-state index contributed by atoms with van der Waals surface area (Å²) < 4.78 is 12.4. The van der Waals surface area contributed by atoms with Crippen LogP contribution in [0.4, 0.5) is 10.5 Å². The molecule has 7 rings (SSSR count). The lowest BCUT2D eigenvalue weighted by Crippen LogP contribution is -2.36. The van der Waals surface area contributed by atoms with Crippen molar-refractivity contribution in [2.75, 3.05) is 51.4 Å². The standard InChI is InChI=1S/C40H41N7O7/c48-36(25-54-21-20-53-19-16-42-40(51)52)43-29-10-11-34-35(22-29)47(39(50)45-34)30-13-17-46(18-14-30)24-26-6-8-28(9-7-26)37-31(27-4-2-1-3-5-27)23-32-33(44-37)12-15-41-38(32)49/h1-12,15,22-23,30,42H,13-14,16-21,24-25H2,(H,41,49)(H,43,48)(H,45,50)(H,51,52). The van der Waals surface area contributed by atoms with Gasteiger partial charge in [0.05, 0.1) is 47.5 Å². The number of aromatic amines is 2. The van der Waals surface area contributed by atoms with Gasteiger partial charge in [-0.15, -0.1) is 0 Å². The van der Waals surface area contributed by atoms with Crippen LogP contribution in [0, 0.1) is 0 Å². The van der Waals surface area contributed by atoms with Crippen molar-refractivity contribution >= 4 is 39.6 Å². The number of aromatic nitrogens is 4. The average Bonchev–Trinajstić information content (AvgIpc) is 3.51. The number of carboxylic acid groups (broad SMARTS) is 1. The van der Waals surface area contributed by atoms with Gasteiger partial charge >= 0.3 is 11.8 Å². The molecule has 0 saturated carbocycles. The number of ether oxygens (including phenoxy) is 2. The highest BCUT2D eigenvalue weighted by atomic mass is 16.5. The van der Waals surface area contributed by atoms with Gasteiger partial charge in [0.2, 0.25) is 5.91 Å². The molecule has 54 heavy (non-hydrogen) atoms. The number of H-pyrrole nitrogens is 2. The van der Waals surface area contributed by atoms with Crippen LogP contribution in [0.3, 0.4) is 0 Å². The van der Waals surface area contributed by atoms with E-state index < -0.39 is 6.09 Å². The smallest absolute Gasteiger partial charge is 0.404 e. The molecule has 1 fully saturated rings. The van der Waals surface area contributed by atoms with Crippen molar-refractivity contribution < 1.29 is 24.2 Å². The lowest BCUT2D eigenvalue weighted by atomic mass is 9.97. The number of imidazole rings is 1. The Bertz CT molecular complexity index is 2360. The van der Waals surface area contributed by atoms with Crippen LogP contribution in [-0.4, -0.2) is 87.6 Å². The van der Waals surface area contributed by atoms with Crippen LogP contribution < -0.4 is 21.9 Å². The van der Waals surface area contributed by atoms with Gasteiger partial charge < -0.3 is 35.2 Å². The summed E-state index contributed by atoms with van der Waals surface area (Å²) in [5.41, 5.74) is 7.14. The zero-order chi connectivity index (χ0) is 37.4. The Morgan fingerprint density at radius 1 is 0.889 bits per heavy atom. The first-order chi connectivity index (χ1) is 26.3. The second-order valence-corrected chi connectivity index (χ2v) is 13.2. The van der Waals surface area contributed by atoms with Crippen molar-refractivity contribution in [3.05, 3.63) is 118 Å². The molecule has 278 valence electrons. The quantitative estimate of drug-likeness (QED) is 0.0965. The molecule has 0 bridgehead atoms. The number of carbonyl (C=O) groups is 2. The van der Waals surface area contributed by atoms with Gasteiger partial charge in [-0.25, -0.2) is 14.6 Å². The maximum absolute atomic E-state index is 13.1. The van der Waals surface area contributed by atoms with Crippen LogP contribution in [0.15, 0.2) is 101 Å². The third kappa shape index (κ3) is 8.58. The van der Waals surface area contributed by atoms with Gasteiger partial charge in [0, 0.05) is 55.2 Å². The van der Waals surface area contributed by atoms with E-state index >= 15 is 0 Å². The third-order valence-electron chi connectivity index (χ3n) is 9.52. The number of amides is 2. The second kappa shape index (κ2) is 16.7. The van der Waals surface area contributed by atoms with Gasteiger partial charge in [-0.2, -0.15) is 0 Å². The average molecular weight is 732 g/mol. The Morgan fingerprint density at radius 2 is 1.67 bits per heavy atom. The fourth-order valence-electron chi connectivity index (χ4n) is 6.90. The van der Waals surface area contributed by atoms with E-state index in [4.69, 9.17) is 19.6 Å². The summed E-state index contributed by atoms with van der Waals surface area (Å²) in [5.74, 6) is -0.338. The first-order valence-electron chi connectivity index (χ1n) is 17.9. The molecule has 0 unspecified atom stereocenters. The number of benzene rings is 3. The van der Waals surface area contributed by atoms with Crippen molar-refractivity contribution in [3.8, 4) is 22.4 Å². The summed E-state index contributed by atoms with van der Waals surface area (Å²) in [6, 6.07) is 27.5. The van der Waals surface area contributed by atoms with Crippen molar-refractivity contribution in [2.24, 2.45) is 0 Å². The van der Waals surface area contributed by atoms with E-state index in [-0.39, 0.29) is 56.2 Å². The minimum Gasteiger partial charge on any atom is -0.465 e. The van der Waals surface area contributed by atoms with Crippen LogP contribution >= 0.6 is 0 Å². The number of nitrogens with one attached hydrogen (secondary N) is 4. The fraction of sp³-hybridized carbons (Fsp3) is 0.275. The van der Waals surface area contributed by atoms with Crippen LogP contribution in [0.5, 0.6) is 0 Å². The molecule has 1 aliphatic rings. The molecule has 3 aromatic carbocycles. The Morgan fingerprint density at radius 3 is 2.44 bits per heavy atom. The van der Waals surface area contributed by atoms with Gasteiger partial charge in [-0.3, -0.25) is 19.1 Å². The topological polar surface area (TPSA) is 184 Å². The summed E-state index contributed by atoms with van der Waals surface area (Å²) in [6.45, 7) is 3.03. The molecule has 2 amide bonds. The molecular weight excluding hydrogens is 690 g/mol. The summed E-state index contributed by atoms with van der Waals surface area (Å²) in [4.78, 5) is 61.7. The third-order valence-corrected chi connectivity index (χ3v) is 9.52. The Hall–Kier alpha value is -6.09. The Kier molecular flexibility index (Phi) is 11.2. The van der Waals surface area contributed by atoms with Crippen LogP contribution in [-0.2, 0) is 20.8 Å². The lowest BCUT2D eigenvalue weighted by Gasteiger charge is -2.32. The molecule has 0 spiro atoms. The number of fused-ring (bicyclic) bond motifs is 2. The number of piperidine rings is 1. The number of carbonyl (C=O) groups excluding carboxylic acids is 1. The minimum absolute atomic E-state index is 0.00693. The summed E-state index contributed by atoms with van der Waals surface area (Å²) >= 11 is 0. The maximum Gasteiger partial charge on any atom is 0.404 e. The van der Waals surface area contributed by atoms with E-state index in [1.54, 1.807) is 22.9 Å². The van der Waals surface area contributed by atoms with E-state index in [0.717, 1.165) is 60.4 Å². The van der Waals surface area contributed by atoms with Gasteiger partial charge in [0.1, 0.15) is 6.61 Å². The van der Waals surface area contributed by atoms with Gasteiger partial charge in [0.15, 0.2) is 0 Å². The monoisotopic (exact) mass is 731 g/mol. The largest absolute Gasteiger partial charge is 0.465 e. The van der Waals surface area contributed by atoms with E-state index in [0.29, 0.717) is 22.1 Å². The van der Waals surface area contributed by atoms with E-state index in [1.807, 2.05) is 48.5 Å². The number of pyridine rings is 2. The van der Waals surface area contributed by atoms with Gasteiger partial charge in [-0.05, 0) is 54.3 Å². The molecule has 14 heteroatoms. The Labute approximate surface area is 309 Å². The fourth-order valence-corrected chi connectivity index (χ4v) is 6.90. The van der Waals surface area contributed by atoms with Crippen molar-refractivity contribution in [3.63, 3.8) is 0 Å². The summed E-state index contributed by atoms with van der Waals surface area (Å²) in [6.07, 6.45) is 2.10. The summed E-state index contributed by atoms with van der Waals surface area (Å²) in [7, 11) is 0. The van der Waals surface area contributed by atoms with Gasteiger partial charge in [0.25, 0.3) is 5.56 Å². The van der Waals surface area contributed by atoms with E-state index in [2.05, 4.69) is 49.8 Å². The first-order valence-corrected chi connectivity index (χ1v) is 17.9. The summed E-state index contributed by atoms with van der Waals surface area (Å²) in [5, 5.41) is 14.1.